The van der Waals surface area contributed by atoms with E-state index in [0.717, 1.165) is 28.9 Å². The minimum atomic E-state index is -3.92. The van der Waals surface area contributed by atoms with Crippen LogP contribution in [0.1, 0.15) is 43.4 Å². The highest BCUT2D eigenvalue weighted by atomic mass is 19.2. The van der Waals surface area contributed by atoms with Crippen LogP contribution in [0, 0.1) is 13.8 Å². The van der Waals surface area contributed by atoms with Gasteiger partial charge in [0, 0.05) is 36.4 Å². The number of hydrogen-bond acceptors (Lipinski definition) is 0. The molecule has 0 aliphatic carbocycles. The number of halogens is 2. The Balaban J connectivity index is 2.20. The normalized spacial score (nSPS) is 18.2. The molecule has 0 saturated heterocycles. The average molecular weight is 354 g/mol. The van der Waals surface area contributed by atoms with Crippen molar-refractivity contribution in [3.63, 3.8) is 0 Å². The summed E-state index contributed by atoms with van der Waals surface area (Å²) in [4.78, 5) is 0. The largest absolute Gasteiger partial charge is 0.737 e. The number of rotatable bonds is 2. The quantitative estimate of drug-likeness (QED) is 0.574. The van der Waals surface area contributed by atoms with E-state index in [2.05, 4.69) is 11.5 Å². The number of fused-ring (bicyclic) bond motifs is 2. The Bertz CT molecular complexity index is 1040. The predicted molar refractivity (Wildman–Crippen MR) is 100 cm³/mol. The maximum absolute atomic E-state index is 15.6. The lowest BCUT2D eigenvalue weighted by molar-refractivity contribution is -0.695. The van der Waals surface area contributed by atoms with Crippen molar-refractivity contribution in [2.24, 2.45) is 0 Å². The van der Waals surface area contributed by atoms with E-state index in [4.69, 9.17) is 0 Å². The molecule has 26 heavy (non-hydrogen) atoms. The lowest BCUT2D eigenvalue weighted by atomic mass is 9.85. The standard InChI is InChI=1S/C20H23BF2N3/c1-6-24-10-8-7-9-17(24)18-19-13(2)11-15(4)25(19)21(22,23)26-16(5)12-14(3)20(18)26/h7-12H,6H2,1-5H3/q+1. The molecule has 3 nitrogen and oxygen atoms in total. The Morgan fingerprint density at radius 2 is 1.85 bits per heavy atom. The van der Waals surface area contributed by atoms with E-state index < -0.39 is 6.97 Å². The van der Waals surface area contributed by atoms with Crippen molar-refractivity contribution in [2.75, 3.05) is 0 Å². The third-order valence-corrected chi connectivity index (χ3v) is 5.47. The van der Waals surface area contributed by atoms with Gasteiger partial charge in [0.2, 0.25) is 5.69 Å². The molecule has 0 N–H and O–H groups in total. The lowest BCUT2D eigenvalue weighted by Crippen LogP contribution is -2.52. The average Bonchev–Trinajstić information content (AvgIpc) is 3.05. The zero-order chi connectivity index (χ0) is 18.8. The predicted octanol–water partition coefficient (Wildman–Crippen LogP) is 3.84. The Morgan fingerprint density at radius 3 is 2.54 bits per heavy atom. The molecule has 0 atom stereocenters. The fourth-order valence-corrected chi connectivity index (χ4v) is 4.52. The summed E-state index contributed by atoms with van der Waals surface area (Å²) in [5, 5.41) is 0. The number of aryl methyl sites for hydroxylation is 3. The molecule has 0 saturated carbocycles. The SMILES string of the molecule is CC[n+]1ccccc1C1=C2C(C)=CC(C)=[N+]2[B-](F)(F)n2c(C)cc(C)c21. The molecule has 0 unspecified atom stereocenters. The summed E-state index contributed by atoms with van der Waals surface area (Å²) >= 11 is 0. The van der Waals surface area contributed by atoms with Gasteiger partial charge in [-0.05, 0) is 51.1 Å². The molecule has 0 amide bonds. The highest BCUT2D eigenvalue weighted by Gasteiger charge is 2.56. The zero-order valence-electron chi connectivity index (χ0n) is 15.8. The van der Waals surface area contributed by atoms with Crippen molar-refractivity contribution in [1.29, 1.82) is 0 Å². The van der Waals surface area contributed by atoms with Crippen LogP contribution in [0.4, 0.5) is 8.63 Å². The number of aromatic nitrogens is 2. The number of allylic oxidation sites excluding steroid dienone is 2. The van der Waals surface area contributed by atoms with Crippen LogP contribution in [-0.2, 0) is 6.54 Å². The highest BCUT2D eigenvalue weighted by Crippen LogP contribution is 2.43. The molecule has 2 aliphatic heterocycles. The van der Waals surface area contributed by atoms with Crippen LogP contribution in [-0.4, -0.2) is 21.6 Å². The fourth-order valence-electron chi connectivity index (χ4n) is 4.52. The summed E-state index contributed by atoms with van der Waals surface area (Å²) in [6, 6.07) is 7.83. The van der Waals surface area contributed by atoms with Gasteiger partial charge in [-0.25, -0.2) is 0 Å². The van der Waals surface area contributed by atoms with Crippen LogP contribution in [0.5, 0.6) is 0 Å². The summed E-state index contributed by atoms with van der Waals surface area (Å²) in [6.45, 7) is 6.30. The minimum absolute atomic E-state index is 0.593. The Hall–Kier alpha value is -2.50. The van der Waals surface area contributed by atoms with Gasteiger partial charge in [-0.3, -0.25) is 0 Å². The highest BCUT2D eigenvalue weighted by molar-refractivity contribution is 6.58. The Kier molecular flexibility index (Phi) is 3.58. The van der Waals surface area contributed by atoms with Gasteiger partial charge in [0.25, 0.3) is 0 Å². The lowest BCUT2D eigenvalue weighted by Gasteiger charge is -2.33. The van der Waals surface area contributed by atoms with E-state index in [1.807, 2.05) is 50.4 Å². The maximum atomic E-state index is 15.6. The number of pyridine rings is 1. The van der Waals surface area contributed by atoms with Crippen LogP contribution in [0.15, 0.2) is 47.8 Å². The fraction of sp³-hybridized carbons (Fsp3) is 0.300. The molecular weight excluding hydrogens is 331 g/mol. The van der Waals surface area contributed by atoms with Gasteiger partial charge in [-0.2, -0.15) is 4.57 Å². The molecule has 2 aromatic heterocycles. The van der Waals surface area contributed by atoms with Gasteiger partial charge >= 0.3 is 6.97 Å². The van der Waals surface area contributed by atoms with E-state index >= 15 is 8.63 Å². The summed E-state index contributed by atoms with van der Waals surface area (Å²) < 4.78 is 35.8. The molecule has 0 fully saturated rings. The molecule has 0 radical (unpaired) electrons. The van der Waals surface area contributed by atoms with Crippen LogP contribution in [0.25, 0.3) is 5.57 Å². The molecule has 134 valence electrons. The topological polar surface area (TPSA) is 11.8 Å². The minimum Gasteiger partial charge on any atom is -0.393 e. The number of hydrogen-bond donors (Lipinski definition) is 0. The molecule has 4 heterocycles. The molecule has 2 aliphatic rings. The monoisotopic (exact) mass is 354 g/mol. The van der Waals surface area contributed by atoms with Crippen molar-refractivity contribution in [2.45, 2.75) is 41.2 Å². The van der Waals surface area contributed by atoms with E-state index in [9.17, 15) is 0 Å². The van der Waals surface area contributed by atoms with Crippen LogP contribution in [0.3, 0.4) is 0 Å². The summed E-state index contributed by atoms with van der Waals surface area (Å²) in [5.74, 6) is 0. The van der Waals surface area contributed by atoms with Crippen molar-refractivity contribution >= 4 is 18.3 Å². The Labute approximate surface area is 152 Å². The third kappa shape index (κ3) is 2.04. The second kappa shape index (κ2) is 5.50. The summed E-state index contributed by atoms with van der Waals surface area (Å²) in [5.41, 5.74) is 6.07. The van der Waals surface area contributed by atoms with Gasteiger partial charge in [0.05, 0.1) is 0 Å². The summed E-state index contributed by atoms with van der Waals surface area (Å²) in [6.07, 6.45) is 3.87. The molecule has 0 spiro atoms. The van der Waals surface area contributed by atoms with Crippen molar-refractivity contribution < 1.29 is 17.7 Å². The first-order valence-corrected chi connectivity index (χ1v) is 9.05. The molecule has 0 bridgehead atoms. The first-order valence-electron chi connectivity index (χ1n) is 9.05. The van der Waals surface area contributed by atoms with Crippen molar-refractivity contribution in [1.82, 2.24) is 4.48 Å². The van der Waals surface area contributed by atoms with Crippen LogP contribution in [0.2, 0.25) is 0 Å². The smallest absolute Gasteiger partial charge is 0.393 e. The second-order valence-corrected chi connectivity index (χ2v) is 7.21. The summed E-state index contributed by atoms with van der Waals surface area (Å²) in [7, 11) is 0. The van der Waals surface area contributed by atoms with Gasteiger partial charge in [-0.15, -0.1) is 0 Å². The van der Waals surface area contributed by atoms with Crippen LogP contribution >= 0.6 is 0 Å². The molecule has 2 aromatic rings. The first kappa shape index (κ1) is 16.9. The van der Waals surface area contributed by atoms with Gasteiger partial charge in [0.15, 0.2) is 11.9 Å². The van der Waals surface area contributed by atoms with Crippen LogP contribution < -0.4 is 4.57 Å². The van der Waals surface area contributed by atoms with Gasteiger partial charge in [-0.1, -0.05) is 0 Å². The van der Waals surface area contributed by atoms with E-state index in [1.54, 1.807) is 13.8 Å². The van der Waals surface area contributed by atoms with Gasteiger partial charge < -0.3 is 17.6 Å². The van der Waals surface area contributed by atoms with E-state index in [0.29, 0.717) is 22.8 Å². The van der Waals surface area contributed by atoms with Gasteiger partial charge in [0.1, 0.15) is 17.8 Å². The molecule has 0 aromatic carbocycles. The number of nitrogens with zero attached hydrogens (tertiary/aromatic N) is 3. The third-order valence-electron chi connectivity index (χ3n) is 5.47. The van der Waals surface area contributed by atoms with Crippen molar-refractivity contribution in [3.8, 4) is 0 Å². The maximum Gasteiger partial charge on any atom is 0.737 e. The van der Waals surface area contributed by atoms with E-state index in [1.165, 1.54) is 8.96 Å². The van der Waals surface area contributed by atoms with Crippen molar-refractivity contribution in [3.05, 3.63) is 70.5 Å². The second-order valence-electron chi connectivity index (χ2n) is 7.21. The Morgan fingerprint density at radius 1 is 1.12 bits per heavy atom. The first-order chi connectivity index (χ1) is 12.3. The molecule has 6 heteroatoms. The molecule has 4 rings (SSSR count). The van der Waals surface area contributed by atoms with E-state index in [-0.39, 0.29) is 0 Å². The molecular formula is C20H23BF2N3+. The zero-order valence-corrected chi connectivity index (χ0v) is 15.8.